The molecular formula is C17H21N3O4S. The second kappa shape index (κ2) is 8.21. The number of rotatable bonds is 8. The summed E-state index contributed by atoms with van der Waals surface area (Å²) in [5.74, 6) is -1.06. The first kappa shape index (κ1) is 19.1. The topological polar surface area (TPSA) is 136 Å². The molecule has 0 heterocycles. The molecule has 2 rings (SSSR count). The van der Waals surface area contributed by atoms with Gasteiger partial charge in [0.15, 0.2) is 0 Å². The van der Waals surface area contributed by atoms with Crippen molar-refractivity contribution < 1.29 is 18.3 Å². The van der Waals surface area contributed by atoms with Crippen molar-refractivity contribution in [1.82, 2.24) is 4.72 Å². The standard InChI is InChI=1S/C17H21N3O4S/c18-10-14-3-1-2-4-16(14)25(23,24)20-11-13-7-5-12(6-8-13)9-15(19)17(21)22/h1-8,15,20H,9-11,18-19H2,(H,21,22). The van der Waals surface area contributed by atoms with Crippen molar-refractivity contribution in [3.05, 3.63) is 65.2 Å². The van der Waals surface area contributed by atoms with Gasteiger partial charge in [0.05, 0.1) is 4.90 Å². The van der Waals surface area contributed by atoms with Gasteiger partial charge >= 0.3 is 5.97 Å². The lowest BCUT2D eigenvalue weighted by molar-refractivity contribution is -0.138. The van der Waals surface area contributed by atoms with Gasteiger partial charge in [-0.15, -0.1) is 0 Å². The van der Waals surface area contributed by atoms with Crippen LogP contribution in [0.25, 0.3) is 0 Å². The summed E-state index contributed by atoms with van der Waals surface area (Å²) in [6, 6.07) is 12.6. The van der Waals surface area contributed by atoms with Crippen molar-refractivity contribution in [2.45, 2.75) is 30.4 Å². The van der Waals surface area contributed by atoms with Gasteiger partial charge in [-0.05, 0) is 29.2 Å². The zero-order chi connectivity index (χ0) is 18.4. The molecule has 0 aliphatic carbocycles. The molecule has 0 aliphatic rings. The molecule has 1 atom stereocenters. The van der Waals surface area contributed by atoms with Gasteiger partial charge in [0, 0.05) is 13.1 Å². The lowest BCUT2D eigenvalue weighted by atomic mass is 10.0. The molecule has 8 heteroatoms. The van der Waals surface area contributed by atoms with E-state index in [0.29, 0.717) is 5.56 Å². The minimum atomic E-state index is -3.67. The summed E-state index contributed by atoms with van der Waals surface area (Å²) in [6.07, 6.45) is 0.214. The van der Waals surface area contributed by atoms with Crippen molar-refractivity contribution in [3.8, 4) is 0 Å². The fourth-order valence-electron chi connectivity index (χ4n) is 2.33. The Kier molecular flexibility index (Phi) is 6.27. The highest BCUT2D eigenvalue weighted by Gasteiger charge is 2.17. The van der Waals surface area contributed by atoms with E-state index in [2.05, 4.69) is 4.72 Å². The van der Waals surface area contributed by atoms with Gasteiger partial charge in [-0.3, -0.25) is 4.79 Å². The van der Waals surface area contributed by atoms with Crippen LogP contribution in [0.4, 0.5) is 0 Å². The van der Waals surface area contributed by atoms with Crippen molar-refractivity contribution >= 4 is 16.0 Å². The van der Waals surface area contributed by atoms with Crippen molar-refractivity contribution in [2.75, 3.05) is 0 Å². The Hall–Kier alpha value is -2.26. The van der Waals surface area contributed by atoms with E-state index < -0.39 is 22.0 Å². The molecule has 6 N–H and O–H groups in total. The number of hydrogen-bond acceptors (Lipinski definition) is 5. The van der Waals surface area contributed by atoms with E-state index in [1.165, 1.54) is 6.07 Å². The Bertz CT molecular complexity index is 835. The molecular weight excluding hydrogens is 342 g/mol. The fourth-order valence-corrected chi connectivity index (χ4v) is 3.59. The van der Waals surface area contributed by atoms with Gasteiger partial charge in [0.25, 0.3) is 0 Å². The molecule has 0 aliphatic heterocycles. The zero-order valence-electron chi connectivity index (χ0n) is 13.6. The van der Waals surface area contributed by atoms with E-state index in [1.807, 2.05) is 0 Å². The lowest BCUT2D eigenvalue weighted by Crippen LogP contribution is -2.32. The first-order chi connectivity index (χ1) is 11.8. The minimum absolute atomic E-state index is 0.118. The predicted octanol–water partition coefficient (Wildman–Crippen LogP) is 0.578. The monoisotopic (exact) mass is 363 g/mol. The summed E-state index contributed by atoms with van der Waals surface area (Å²) in [5, 5.41) is 8.81. The van der Waals surface area contributed by atoms with Crippen molar-refractivity contribution in [3.63, 3.8) is 0 Å². The molecule has 0 saturated carbocycles. The number of nitrogens with one attached hydrogen (secondary N) is 1. The quantitative estimate of drug-likeness (QED) is 0.542. The van der Waals surface area contributed by atoms with Crippen LogP contribution < -0.4 is 16.2 Å². The van der Waals surface area contributed by atoms with Gasteiger partial charge in [-0.25, -0.2) is 13.1 Å². The van der Waals surface area contributed by atoms with Gasteiger partial charge in [0.1, 0.15) is 6.04 Å². The Morgan fingerprint density at radius 2 is 1.68 bits per heavy atom. The maximum absolute atomic E-state index is 12.4. The summed E-state index contributed by atoms with van der Waals surface area (Å²) in [6.45, 7) is 0.252. The van der Waals surface area contributed by atoms with Crippen LogP contribution >= 0.6 is 0 Å². The SMILES string of the molecule is NCc1ccccc1S(=O)(=O)NCc1ccc(CC(N)C(=O)O)cc1. The number of nitrogens with two attached hydrogens (primary N) is 2. The van der Waals surface area contributed by atoms with Crippen molar-refractivity contribution in [1.29, 1.82) is 0 Å². The van der Waals surface area contributed by atoms with Crippen LogP contribution in [0.1, 0.15) is 16.7 Å². The number of hydrogen-bond donors (Lipinski definition) is 4. The first-order valence-electron chi connectivity index (χ1n) is 7.67. The summed E-state index contributed by atoms with van der Waals surface area (Å²) in [7, 11) is -3.67. The second-order valence-corrected chi connectivity index (χ2v) is 7.34. The number of benzene rings is 2. The fraction of sp³-hybridized carbons (Fsp3) is 0.235. The van der Waals surface area contributed by atoms with Crippen LogP contribution in [0, 0.1) is 0 Å². The predicted molar refractivity (Wildman–Crippen MR) is 94.1 cm³/mol. The molecule has 0 fully saturated rings. The first-order valence-corrected chi connectivity index (χ1v) is 9.15. The number of aliphatic carboxylic acids is 1. The van der Waals surface area contributed by atoms with Crippen LogP contribution in [-0.2, 0) is 34.3 Å². The Morgan fingerprint density at radius 1 is 1.08 bits per heavy atom. The largest absolute Gasteiger partial charge is 0.480 e. The number of carboxylic acids is 1. The molecule has 0 saturated heterocycles. The van der Waals surface area contributed by atoms with E-state index in [1.54, 1.807) is 42.5 Å². The average Bonchev–Trinajstić information content (AvgIpc) is 2.61. The van der Waals surface area contributed by atoms with Gasteiger partial charge in [-0.2, -0.15) is 0 Å². The molecule has 0 radical (unpaired) electrons. The second-order valence-electron chi connectivity index (χ2n) is 5.60. The van der Waals surface area contributed by atoms with Crippen LogP contribution in [-0.4, -0.2) is 25.5 Å². The summed E-state index contributed by atoms with van der Waals surface area (Å²) < 4.78 is 27.4. The highest BCUT2D eigenvalue weighted by molar-refractivity contribution is 7.89. The number of carboxylic acid groups (broad SMARTS) is 1. The van der Waals surface area contributed by atoms with Gasteiger partial charge < -0.3 is 16.6 Å². The highest BCUT2D eigenvalue weighted by Crippen LogP contribution is 2.15. The van der Waals surface area contributed by atoms with E-state index in [-0.39, 0.29) is 24.4 Å². The number of carbonyl (C=O) groups is 1. The van der Waals surface area contributed by atoms with E-state index >= 15 is 0 Å². The van der Waals surface area contributed by atoms with Crippen LogP contribution in [0.5, 0.6) is 0 Å². The molecule has 7 nitrogen and oxygen atoms in total. The van der Waals surface area contributed by atoms with Crippen molar-refractivity contribution in [2.24, 2.45) is 11.5 Å². The molecule has 0 bridgehead atoms. The maximum Gasteiger partial charge on any atom is 0.320 e. The molecule has 134 valence electrons. The lowest BCUT2D eigenvalue weighted by Gasteiger charge is -2.11. The summed E-state index contributed by atoms with van der Waals surface area (Å²) in [5.41, 5.74) is 13.2. The van der Waals surface area contributed by atoms with Crippen LogP contribution in [0.3, 0.4) is 0 Å². The molecule has 1 unspecified atom stereocenters. The highest BCUT2D eigenvalue weighted by atomic mass is 32.2. The van der Waals surface area contributed by atoms with Gasteiger partial charge in [-0.1, -0.05) is 42.5 Å². The van der Waals surface area contributed by atoms with Crippen LogP contribution in [0.15, 0.2) is 53.4 Å². The smallest absolute Gasteiger partial charge is 0.320 e. The Morgan fingerprint density at radius 3 is 2.28 bits per heavy atom. The maximum atomic E-state index is 12.4. The summed E-state index contributed by atoms with van der Waals surface area (Å²) >= 11 is 0. The third-order valence-electron chi connectivity index (χ3n) is 3.74. The number of sulfonamides is 1. The van der Waals surface area contributed by atoms with Gasteiger partial charge in [0.2, 0.25) is 10.0 Å². The average molecular weight is 363 g/mol. The van der Waals surface area contributed by atoms with E-state index in [9.17, 15) is 13.2 Å². The van der Waals surface area contributed by atoms with E-state index in [0.717, 1.165) is 11.1 Å². The van der Waals surface area contributed by atoms with Crippen LogP contribution in [0.2, 0.25) is 0 Å². The molecule has 0 spiro atoms. The third-order valence-corrected chi connectivity index (χ3v) is 5.25. The molecule has 0 aromatic heterocycles. The zero-order valence-corrected chi connectivity index (χ0v) is 14.4. The normalized spacial score (nSPS) is 12.7. The molecule has 0 amide bonds. The van der Waals surface area contributed by atoms with E-state index in [4.69, 9.17) is 16.6 Å². The molecule has 25 heavy (non-hydrogen) atoms. The Labute approximate surface area is 146 Å². The Balaban J connectivity index is 2.04. The molecule has 2 aromatic rings. The minimum Gasteiger partial charge on any atom is -0.480 e. The molecule has 2 aromatic carbocycles. The third kappa shape index (κ3) is 5.10. The summed E-state index contributed by atoms with van der Waals surface area (Å²) in [4.78, 5) is 10.9.